The van der Waals surface area contributed by atoms with E-state index in [1.54, 1.807) is 0 Å². The van der Waals surface area contributed by atoms with Crippen LogP contribution in [0.15, 0.2) is 0 Å². The molecule has 1 saturated carbocycles. The van der Waals surface area contributed by atoms with Crippen molar-refractivity contribution in [3.8, 4) is 0 Å². The van der Waals surface area contributed by atoms with Crippen LogP contribution in [0, 0.1) is 5.92 Å². The predicted octanol–water partition coefficient (Wildman–Crippen LogP) is 1.88. The number of hydrogen-bond acceptors (Lipinski definition) is 1. The summed E-state index contributed by atoms with van der Waals surface area (Å²) in [5.41, 5.74) is -0.720. The topological polar surface area (TPSA) is 12.0 Å². The summed E-state index contributed by atoms with van der Waals surface area (Å²) in [4.78, 5) is 0. The molecule has 0 amide bonds. The lowest BCUT2D eigenvalue weighted by Crippen LogP contribution is -2.29. The summed E-state index contributed by atoms with van der Waals surface area (Å²) in [6.45, 7) is 2.20. The Morgan fingerprint density at radius 3 is 2.45 bits per heavy atom. The second-order valence-electron chi connectivity index (χ2n) is 4.05. The predicted molar refractivity (Wildman–Crippen MR) is 43.3 cm³/mol. The van der Waals surface area contributed by atoms with Gasteiger partial charge >= 0.3 is 0 Å². The standard InChI is InChI=1S/C9H16FN/c10-9(3-4-9)7-8-1-5-11-6-2-8/h8,11H,1-7H2. The van der Waals surface area contributed by atoms with E-state index in [0.29, 0.717) is 5.92 Å². The molecule has 0 aromatic carbocycles. The molecule has 1 N–H and O–H groups in total. The molecule has 0 aromatic rings. The van der Waals surface area contributed by atoms with E-state index >= 15 is 0 Å². The average Bonchev–Trinajstić information content (AvgIpc) is 2.70. The highest BCUT2D eigenvalue weighted by Gasteiger charge is 2.44. The Bertz CT molecular complexity index is 136. The molecule has 1 nitrogen and oxygen atoms in total. The van der Waals surface area contributed by atoms with Gasteiger partial charge in [-0.05, 0) is 51.1 Å². The van der Waals surface area contributed by atoms with Gasteiger partial charge in [-0.3, -0.25) is 0 Å². The summed E-state index contributed by atoms with van der Waals surface area (Å²) in [5, 5.41) is 3.30. The summed E-state index contributed by atoms with van der Waals surface area (Å²) < 4.78 is 13.3. The Morgan fingerprint density at radius 2 is 1.91 bits per heavy atom. The minimum atomic E-state index is -0.720. The summed E-state index contributed by atoms with van der Waals surface area (Å²) in [6.07, 6.45) is 4.87. The van der Waals surface area contributed by atoms with Crippen molar-refractivity contribution < 1.29 is 4.39 Å². The molecule has 2 aliphatic rings. The first-order valence-corrected chi connectivity index (χ1v) is 4.68. The summed E-state index contributed by atoms with van der Waals surface area (Å²) in [6, 6.07) is 0. The van der Waals surface area contributed by atoms with Crippen molar-refractivity contribution in [2.45, 2.75) is 37.8 Å². The third kappa shape index (κ3) is 1.92. The normalized spacial score (nSPS) is 30.3. The molecular weight excluding hydrogens is 141 g/mol. The van der Waals surface area contributed by atoms with E-state index < -0.39 is 5.67 Å². The highest BCUT2D eigenvalue weighted by atomic mass is 19.1. The molecule has 0 radical (unpaired) electrons. The van der Waals surface area contributed by atoms with Gasteiger partial charge in [-0.1, -0.05) is 0 Å². The Morgan fingerprint density at radius 1 is 1.27 bits per heavy atom. The third-order valence-corrected chi connectivity index (χ3v) is 2.91. The molecule has 1 heterocycles. The van der Waals surface area contributed by atoms with Crippen LogP contribution in [0.25, 0.3) is 0 Å². The first-order chi connectivity index (χ1) is 5.29. The third-order valence-electron chi connectivity index (χ3n) is 2.91. The van der Waals surface area contributed by atoms with E-state index in [1.165, 1.54) is 12.8 Å². The van der Waals surface area contributed by atoms with Gasteiger partial charge in [0, 0.05) is 0 Å². The lowest BCUT2D eigenvalue weighted by atomic mass is 9.92. The second kappa shape index (κ2) is 2.74. The van der Waals surface area contributed by atoms with Gasteiger partial charge in [0.05, 0.1) is 0 Å². The van der Waals surface area contributed by atoms with Crippen molar-refractivity contribution >= 4 is 0 Å². The van der Waals surface area contributed by atoms with Gasteiger partial charge in [0.1, 0.15) is 5.67 Å². The zero-order chi connectivity index (χ0) is 7.73. The zero-order valence-electron chi connectivity index (χ0n) is 6.91. The van der Waals surface area contributed by atoms with Crippen molar-refractivity contribution in [3.05, 3.63) is 0 Å². The van der Waals surface area contributed by atoms with Crippen molar-refractivity contribution in [1.29, 1.82) is 0 Å². The Hall–Kier alpha value is -0.110. The van der Waals surface area contributed by atoms with Crippen LogP contribution in [0.1, 0.15) is 32.1 Å². The van der Waals surface area contributed by atoms with Gasteiger partial charge in [0.15, 0.2) is 0 Å². The van der Waals surface area contributed by atoms with Crippen molar-refractivity contribution in [3.63, 3.8) is 0 Å². The lowest BCUT2D eigenvalue weighted by molar-refractivity contribution is 0.218. The highest BCUT2D eigenvalue weighted by Crippen LogP contribution is 2.46. The Labute approximate surface area is 67.4 Å². The smallest absolute Gasteiger partial charge is 0.111 e. The minimum Gasteiger partial charge on any atom is -0.317 e. The van der Waals surface area contributed by atoms with Crippen molar-refractivity contribution in [2.75, 3.05) is 13.1 Å². The van der Waals surface area contributed by atoms with E-state index in [1.807, 2.05) is 0 Å². The molecule has 0 bridgehead atoms. The average molecular weight is 157 g/mol. The van der Waals surface area contributed by atoms with Crippen LogP contribution in [0.3, 0.4) is 0 Å². The SMILES string of the molecule is FC1(CC2CCNCC2)CC1. The molecule has 0 unspecified atom stereocenters. The number of halogens is 1. The number of rotatable bonds is 2. The Kier molecular flexibility index (Phi) is 1.88. The first kappa shape index (κ1) is 7.53. The van der Waals surface area contributed by atoms with Crippen molar-refractivity contribution in [1.82, 2.24) is 5.32 Å². The first-order valence-electron chi connectivity index (χ1n) is 4.68. The summed E-state index contributed by atoms with van der Waals surface area (Å²) >= 11 is 0. The van der Waals surface area contributed by atoms with Crippen LogP contribution in [0.2, 0.25) is 0 Å². The largest absolute Gasteiger partial charge is 0.317 e. The van der Waals surface area contributed by atoms with Gasteiger partial charge in [0.2, 0.25) is 0 Å². The van der Waals surface area contributed by atoms with Gasteiger partial charge in [0.25, 0.3) is 0 Å². The van der Waals surface area contributed by atoms with Crippen LogP contribution >= 0.6 is 0 Å². The van der Waals surface area contributed by atoms with Gasteiger partial charge in [-0.15, -0.1) is 0 Å². The van der Waals surface area contributed by atoms with Crippen LogP contribution in [-0.2, 0) is 0 Å². The number of nitrogens with one attached hydrogen (secondary N) is 1. The second-order valence-corrected chi connectivity index (χ2v) is 4.05. The summed E-state index contributed by atoms with van der Waals surface area (Å²) in [5.74, 6) is 0.670. The van der Waals surface area contributed by atoms with Crippen LogP contribution < -0.4 is 5.32 Å². The fourth-order valence-electron chi connectivity index (χ4n) is 1.94. The number of piperidine rings is 1. The molecule has 1 aliphatic carbocycles. The maximum Gasteiger partial charge on any atom is 0.111 e. The summed E-state index contributed by atoms with van der Waals surface area (Å²) in [7, 11) is 0. The fraction of sp³-hybridized carbons (Fsp3) is 1.00. The molecule has 1 saturated heterocycles. The van der Waals surface area contributed by atoms with Crippen LogP contribution in [0.5, 0.6) is 0 Å². The maximum absolute atomic E-state index is 13.3. The number of alkyl halides is 1. The molecule has 2 heteroatoms. The van der Waals surface area contributed by atoms with Crippen LogP contribution in [0.4, 0.5) is 4.39 Å². The molecule has 0 spiro atoms. The molecule has 1 aliphatic heterocycles. The van der Waals surface area contributed by atoms with E-state index in [2.05, 4.69) is 5.32 Å². The van der Waals surface area contributed by atoms with Crippen molar-refractivity contribution in [2.24, 2.45) is 5.92 Å². The molecule has 64 valence electrons. The quantitative estimate of drug-likeness (QED) is 0.645. The number of hydrogen-bond donors (Lipinski definition) is 1. The molecule has 2 rings (SSSR count). The lowest BCUT2D eigenvalue weighted by Gasteiger charge is -2.23. The van der Waals surface area contributed by atoms with E-state index in [0.717, 1.165) is 32.4 Å². The Balaban J connectivity index is 1.76. The van der Waals surface area contributed by atoms with Gasteiger partial charge in [-0.2, -0.15) is 0 Å². The molecular formula is C9H16FN. The van der Waals surface area contributed by atoms with Crippen LogP contribution in [-0.4, -0.2) is 18.8 Å². The van der Waals surface area contributed by atoms with E-state index in [4.69, 9.17) is 0 Å². The maximum atomic E-state index is 13.3. The minimum absolute atomic E-state index is 0.670. The monoisotopic (exact) mass is 157 g/mol. The molecule has 0 aromatic heterocycles. The van der Waals surface area contributed by atoms with E-state index in [-0.39, 0.29) is 0 Å². The molecule has 11 heavy (non-hydrogen) atoms. The zero-order valence-corrected chi connectivity index (χ0v) is 6.91. The molecule has 2 fully saturated rings. The van der Waals surface area contributed by atoms with Gasteiger partial charge in [-0.25, -0.2) is 4.39 Å². The van der Waals surface area contributed by atoms with Gasteiger partial charge < -0.3 is 5.32 Å². The highest BCUT2D eigenvalue weighted by molar-refractivity contribution is 4.96. The molecule has 0 atom stereocenters. The fourth-order valence-corrected chi connectivity index (χ4v) is 1.94. The van der Waals surface area contributed by atoms with E-state index in [9.17, 15) is 4.39 Å².